The molecule has 0 fully saturated rings. The molecule has 0 spiro atoms. The quantitative estimate of drug-likeness (QED) is 0.239. The van der Waals surface area contributed by atoms with Crippen LogP contribution in [-0.2, 0) is 22.3 Å². The van der Waals surface area contributed by atoms with Gasteiger partial charge in [-0.2, -0.15) is 11.8 Å². The molecule has 0 saturated carbocycles. The van der Waals surface area contributed by atoms with Crippen LogP contribution in [0.4, 0.5) is 0 Å². The SMILES string of the molecule is O=c1sc2cc(S(=O)(=O)NCCSCc3ccc(Cl)cc3Cl)ccc2n1Cc1ccc(Cl)cc1. The minimum atomic E-state index is -3.70. The number of benzene rings is 3. The molecule has 1 aromatic heterocycles. The first-order valence-corrected chi connectivity index (χ1v) is 14.7. The Morgan fingerprint density at radius 2 is 1.68 bits per heavy atom. The molecule has 0 radical (unpaired) electrons. The Morgan fingerprint density at radius 1 is 0.941 bits per heavy atom. The van der Waals surface area contributed by atoms with E-state index in [1.54, 1.807) is 52.7 Å². The van der Waals surface area contributed by atoms with Crippen LogP contribution in [0.1, 0.15) is 11.1 Å². The molecule has 0 bridgehead atoms. The molecule has 0 aliphatic rings. The highest BCUT2D eigenvalue weighted by Gasteiger charge is 2.17. The predicted octanol–water partition coefficient (Wildman–Crippen LogP) is 6.28. The molecular weight excluding hydrogens is 555 g/mol. The van der Waals surface area contributed by atoms with Crippen LogP contribution >= 0.6 is 57.9 Å². The lowest BCUT2D eigenvalue weighted by molar-refractivity contribution is 0.584. The van der Waals surface area contributed by atoms with Crippen molar-refractivity contribution in [3.63, 3.8) is 0 Å². The van der Waals surface area contributed by atoms with E-state index in [4.69, 9.17) is 34.8 Å². The van der Waals surface area contributed by atoms with Crippen molar-refractivity contribution >= 4 is 78.1 Å². The fraction of sp³-hybridized carbons (Fsp3) is 0.174. The Hall–Kier alpha value is -1.52. The first-order chi connectivity index (χ1) is 16.2. The van der Waals surface area contributed by atoms with Crippen LogP contribution in [0.25, 0.3) is 10.2 Å². The average Bonchev–Trinajstić information content (AvgIpc) is 3.10. The van der Waals surface area contributed by atoms with E-state index in [-0.39, 0.29) is 16.3 Å². The number of nitrogens with zero attached hydrogens (tertiary/aromatic N) is 1. The largest absolute Gasteiger partial charge is 0.308 e. The zero-order chi connectivity index (χ0) is 24.3. The highest BCUT2D eigenvalue weighted by molar-refractivity contribution is 7.98. The second-order valence-corrected chi connectivity index (χ2v) is 12.5. The van der Waals surface area contributed by atoms with Gasteiger partial charge in [-0.05, 0) is 53.6 Å². The zero-order valence-corrected chi connectivity index (χ0v) is 22.3. The van der Waals surface area contributed by atoms with Crippen molar-refractivity contribution in [2.24, 2.45) is 0 Å². The number of sulfonamides is 1. The summed E-state index contributed by atoms with van der Waals surface area (Å²) in [6.07, 6.45) is 0. The van der Waals surface area contributed by atoms with Crippen molar-refractivity contribution in [2.45, 2.75) is 17.2 Å². The van der Waals surface area contributed by atoms with Crippen LogP contribution in [-0.4, -0.2) is 25.3 Å². The van der Waals surface area contributed by atoms with Crippen molar-refractivity contribution in [3.05, 3.63) is 96.5 Å². The summed E-state index contributed by atoms with van der Waals surface area (Å²) in [6.45, 7) is 0.652. The second-order valence-electron chi connectivity index (χ2n) is 7.40. The Balaban J connectivity index is 1.40. The molecule has 0 aliphatic heterocycles. The van der Waals surface area contributed by atoms with Gasteiger partial charge < -0.3 is 0 Å². The standard InChI is InChI=1S/C23H19Cl3N2O3S3/c24-17-4-1-15(2-5-17)13-28-21-8-7-19(12-22(21)33-23(28)29)34(30,31)27-9-10-32-14-16-3-6-18(25)11-20(16)26/h1-8,11-12,27H,9-10,13-14H2. The number of thiazole rings is 1. The lowest BCUT2D eigenvalue weighted by Crippen LogP contribution is -2.26. The third-order valence-corrected chi connectivity index (χ3v) is 9.26. The summed E-state index contributed by atoms with van der Waals surface area (Å²) < 4.78 is 30.4. The lowest BCUT2D eigenvalue weighted by Gasteiger charge is -2.08. The van der Waals surface area contributed by atoms with Crippen LogP contribution in [0.5, 0.6) is 0 Å². The molecule has 5 nitrogen and oxygen atoms in total. The van der Waals surface area contributed by atoms with Crippen molar-refractivity contribution in [3.8, 4) is 0 Å². The number of halogens is 3. The molecule has 0 amide bonds. The van der Waals surface area contributed by atoms with Crippen molar-refractivity contribution in [2.75, 3.05) is 12.3 Å². The summed E-state index contributed by atoms with van der Waals surface area (Å²) in [4.78, 5) is 12.5. The van der Waals surface area contributed by atoms with Crippen molar-refractivity contribution in [1.29, 1.82) is 0 Å². The molecule has 0 aliphatic carbocycles. The summed E-state index contributed by atoms with van der Waals surface area (Å²) >= 11 is 20.6. The molecule has 1 heterocycles. The molecule has 0 unspecified atom stereocenters. The maximum absolute atomic E-state index is 12.8. The van der Waals surface area contributed by atoms with Crippen LogP contribution < -0.4 is 9.60 Å². The van der Waals surface area contributed by atoms with Gasteiger partial charge in [0.05, 0.1) is 21.7 Å². The summed E-state index contributed by atoms with van der Waals surface area (Å²) in [5.41, 5.74) is 2.57. The number of thioether (sulfide) groups is 1. The summed E-state index contributed by atoms with van der Waals surface area (Å²) in [5, 5.41) is 1.80. The first-order valence-electron chi connectivity index (χ1n) is 10.1. The van der Waals surface area contributed by atoms with E-state index in [1.807, 2.05) is 18.2 Å². The van der Waals surface area contributed by atoms with Gasteiger partial charge in [0.25, 0.3) is 0 Å². The average molecular weight is 574 g/mol. The number of hydrogen-bond donors (Lipinski definition) is 1. The van der Waals surface area contributed by atoms with E-state index >= 15 is 0 Å². The molecule has 0 atom stereocenters. The Labute approximate surface area is 220 Å². The smallest absolute Gasteiger partial charge is 0.294 e. The Kier molecular flexibility index (Phi) is 8.30. The van der Waals surface area contributed by atoms with E-state index in [0.29, 0.717) is 43.3 Å². The van der Waals surface area contributed by atoms with Crippen LogP contribution in [0.3, 0.4) is 0 Å². The van der Waals surface area contributed by atoms with E-state index in [2.05, 4.69) is 4.72 Å². The Morgan fingerprint density at radius 3 is 2.41 bits per heavy atom. The van der Waals surface area contributed by atoms with Crippen molar-refractivity contribution in [1.82, 2.24) is 9.29 Å². The molecule has 4 aromatic rings. The predicted molar refractivity (Wildman–Crippen MR) is 144 cm³/mol. The molecule has 178 valence electrons. The minimum absolute atomic E-state index is 0.130. The number of nitrogens with one attached hydrogen (secondary N) is 1. The van der Waals surface area contributed by atoms with Crippen LogP contribution in [0.15, 0.2) is 70.4 Å². The molecule has 0 saturated heterocycles. The topological polar surface area (TPSA) is 68.2 Å². The molecule has 3 aromatic carbocycles. The molecular formula is C23H19Cl3N2O3S3. The van der Waals surface area contributed by atoms with Gasteiger partial charge in [-0.15, -0.1) is 0 Å². The van der Waals surface area contributed by atoms with Crippen molar-refractivity contribution < 1.29 is 8.42 Å². The lowest BCUT2D eigenvalue weighted by atomic mass is 10.2. The van der Waals surface area contributed by atoms with Gasteiger partial charge in [-0.25, -0.2) is 13.1 Å². The van der Waals surface area contributed by atoms with Crippen LogP contribution in [0, 0.1) is 0 Å². The van der Waals surface area contributed by atoms with E-state index < -0.39 is 10.0 Å². The summed E-state index contributed by atoms with van der Waals surface area (Å²) in [7, 11) is -3.70. The zero-order valence-electron chi connectivity index (χ0n) is 17.6. The van der Waals surface area contributed by atoms with Gasteiger partial charge in [0.15, 0.2) is 0 Å². The number of rotatable bonds is 9. The fourth-order valence-corrected chi connectivity index (χ4v) is 7.02. The van der Waals surface area contributed by atoms with Gasteiger partial charge in [0, 0.05) is 33.1 Å². The van der Waals surface area contributed by atoms with E-state index in [1.165, 1.54) is 6.07 Å². The van der Waals surface area contributed by atoms with Crippen LogP contribution in [0.2, 0.25) is 15.1 Å². The van der Waals surface area contributed by atoms with Gasteiger partial charge in [-0.1, -0.05) is 64.3 Å². The molecule has 1 N–H and O–H groups in total. The maximum atomic E-state index is 12.8. The monoisotopic (exact) mass is 572 g/mol. The third-order valence-electron chi connectivity index (χ3n) is 5.02. The maximum Gasteiger partial charge on any atom is 0.308 e. The number of hydrogen-bond acceptors (Lipinski definition) is 5. The molecule has 34 heavy (non-hydrogen) atoms. The molecule has 11 heteroatoms. The summed E-state index contributed by atoms with van der Waals surface area (Å²) in [6, 6.07) is 17.3. The first kappa shape index (κ1) is 25.6. The van der Waals surface area contributed by atoms with Gasteiger partial charge >= 0.3 is 4.87 Å². The number of fused-ring (bicyclic) bond motifs is 1. The highest BCUT2D eigenvalue weighted by Crippen LogP contribution is 2.25. The molecule has 4 rings (SSSR count). The third kappa shape index (κ3) is 6.18. The second kappa shape index (κ2) is 11.0. The van der Waals surface area contributed by atoms with Gasteiger partial charge in [-0.3, -0.25) is 9.36 Å². The summed E-state index contributed by atoms with van der Waals surface area (Å²) in [5.74, 6) is 1.23. The normalized spacial score (nSPS) is 11.9. The van der Waals surface area contributed by atoms with E-state index in [9.17, 15) is 13.2 Å². The Bertz CT molecular complexity index is 1480. The fourth-order valence-electron chi connectivity index (χ4n) is 3.29. The van der Waals surface area contributed by atoms with Gasteiger partial charge in [0.1, 0.15) is 0 Å². The number of aromatic nitrogens is 1. The van der Waals surface area contributed by atoms with Gasteiger partial charge in [0.2, 0.25) is 10.0 Å². The highest BCUT2D eigenvalue weighted by atomic mass is 35.5. The van der Waals surface area contributed by atoms with E-state index in [0.717, 1.165) is 22.5 Å². The minimum Gasteiger partial charge on any atom is -0.294 e.